The van der Waals surface area contributed by atoms with Crippen molar-refractivity contribution in [3.8, 4) is 0 Å². The van der Waals surface area contributed by atoms with Crippen molar-refractivity contribution in [3.63, 3.8) is 0 Å². The molecule has 0 aromatic carbocycles. The van der Waals surface area contributed by atoms with Gasteiger partial charge in [0.1, 0.15) is 5.78 Å². The van der Waals surface area contributed by atoms with Crippen LogP contribution in [-0.4, -0.2) is 28.2 Å². The summed E-state index contributed by atoms with van der Waals surface area (Å²) < 4.78 is 0. The van der Waals surface area contributed by atoms with Gasteiger partial charge in [0.25, 0.3) is 0 Å². The molecule has 0 bridgehead atoms. The van der Waals surface area contributed by atoms with E-state index in [1.54, 1.807) is 6.08 Å². The molecule has 3 heteroatoms. The highest BCUT2D eigenvalue weighted by Gasteiger charge is 2.51. The Hall–Kier alpha value is -0.670. The molecule has 15 heavy (non-hydrogen) atoms. The molecule has 84 valence electrons. The second kappa shape index (κ2) is 4.06. The number of aliphatic hydroxyl groups is 2. The maximum absolute atomic E-state index is 11.2. The molecule has 5 atom stereocenters. The van der Waals surface area contributed by atoms with E-state index in [1.165, 1.54) is 0 Å². The number of ketones is 1. The van der Waals surface area contributed by atoms with Gasteiger partial charge in [-0.1, -0.05) is 19.1 Å². The second-order valence-corrected chi connectivity index (χ2v) is 4.68. The third-order valence-electron chi connectivity index (χ3n) is 3.78. The molecule has 2 rings (SSSR count). The third-order valence-corrected chi connectivity index (χ3v) is 3.78. The number of fused-ring (bicyclic) bond motifs is 1. The zero-order chi connectivity index (χ0) is 11.0. The van der Waals surface area contributed by atoms with E-state index in [4.69, 9.17) is 0 Å². The Labute approximate surface area is 89.8 Å². The Morgan fingerprint density at radius 3 is 2.87 bits per heavy atom. The average molecular weight is 210 g/mol. The van der Waals surface area contributed by atoms with Crippen LogP contribution < -0.4 is 0 Å². The van der Waals surface area contributed by atoms with Gasteiger partial charge in [-0.2, -0.15) is 0 Å². The SMILES string of the molecule is CCC(O)C=CC1C(O)C[C@@H]2C(=O)C[C@@H]12. The molecule has 2 aliphatic rings. The van der Waals surface area contributed by atoms with E-state index < -0.39 is 12.2 Å². The summed E-state index contributed by atoms with van der Waals surface area (Å²) in [5, 5.41) is 19.2. The molecule has 2 saturated carbocycles. The van der Waals surface area contributed by atoms with E-state index in [-0.39, 0.29) is 11.8 Å². The van der Waals surface area contributed by atoms with Crippen LogP contribution >= 0.6 is 0 Å². The van der Waals surface area contributed by atoms with Crippen molar-refractivity contribution in [2.24, 2.45) is 17.8 Å². The first-order valence-corrected chi connectivity index (χ1v) is 5.70. The number of hydrogen-bond acceptors (Lipinski definition) is 3. The first kappa shape index (κ1) is 10.8. The predicted molar refractivity (Wildman–Crippen MR) is 56.2 cm³/mol. The Kier molecular flexibility index (Phi) is 2.94. The van der Waals surface area contributed by atoms with Crippen molar-refractivity contribution in [1.29, 1.82) is 0 Å². The molecule has 2 fully saturated rings. The summed E-state index contributed by atoms with van der Waals surface area (Å²) in [5.74, 6) is 0.793. The highest BCUT2D eigenvalue weighted by molar-refractivity contribution is 5.88. The second-order valence-electron chi connectivity index (χ2n) is 4.68. The summed E-state index contributed by atoms with van der Waals surface area (Å²) in [6.45, 7) is 1.91. The van der Waals surface area contributed by atoms with Crippen molar-refractivity contribution >= 4 is 5.78 Å². The van der Waals surface area contributed by atoms with E-state index in [1.807, 2.05) is 13.0 Å². The minimum atomic E-state index is -0.424. The van der Waals surface area contributed by atoms with Crippen LogP contribution in [0, 0.1) is 17.8 Å². The normalized spacial score (nSPS) is 41.7. The summed E-state index contributed by atoms with van der Waals surface area (Å²) in [6.07, 6.45) is 4.74. The fourth-order valence-electron chi connectivity index (χ4n) is 2.68. The van der Waals surface area contributed by atoms with Crippen LogP contribution in [0.2, 0.25) is 0 Å². The number of aliphatic hydroxyl groups excluding tert-OH is 2. The lowest BCUT2D eigenvalue weighted by atomic mass is 9.71. The maximum atomic E-state index is 11.2. The van der Waals surface area contributed by atoms with Crippen LogP contribution in [0.15, 0.2) is 12.2 Å². The third kappa shape index (κ3) is 1.86. The van der Waals surface area contributed by atoms with Crippen LogP contribution in [0.3, 0.4) is 0 Å². The average Bonchev–Trinajstić information content (AvgIpc) is 2.48. The highest BCUT2D eigenvalue weighted by atomic mass is 16.3. The van der Waals surface area contributed by atoms with Crippen molar-refractivity contribution in [1.82, 2.24) is 0 Å². The molecule has 3 nitrogen and oxygen atoms in total. The molecule has 0 amide bonds. The fraction of sp³-hybridized carbons (Fsp3) is 0.750. The molecule has 0 saturated heterocycles. The summed E-state index contributed by atoms with van der Waals surface area (Å²) in [7, 11) is 0. The number of Topliss-reactive ketones (excluding diaryl/α,β-unsaturated/α-hetero) is 1. The fourth-order valence-corrected chi connectivity index (χ4v) is 2.68. The van der Waals surface area contributed by atoms with E-state index in [0.717, 1.165) is 0 Å². The predicted octanol–water partition coefficient (Wildman–Crippen LogP) is 0.899. The van der Waals surface area contributed by atoms with E-state index in [9.17, 15) is 15.0 Å². The first-order valence-electron chi connectivity index (χ1n) is 5.70. The topological polar surface area (TPSA) is 57.5 Å². The lowest BCUT2D eigenvalue weighted by Gasteiger charge is -2.31. The lowest BCUT2D eigenvalue weighted by Crippen LogP contribution is -2.35. The molecule has 0 aliphatic heterocycles. The van der Waals surface area contributed by atoms with E-state index in [0.29, 0.717) is 31.0 Å². The Balaban J connectivity index is 1.98. The molecule has 3 unspecified atom stereocenters. The minimum absolute atomic E-state index is 0.0777. The van der Waals surface area contributed by atoms with Crippen molar-refractivity contribution in [2.45, 2.75) is 38.4 Å². The molecular weight excluding hydrogens is 192 g/mol. The van der Waals surface area contributed by atoms with Gasteiger partial charge in [0, 0.05) is 18.3 Å². The molecular formula is C12H18O3. The molecule has 2 aliphatic carbocycles. The largest absolute Gasteiger partial charge is 0.392 e. The zero-order valence-corrected chi connectivity index (χ0v) is 8.97. The van der Waals surface area contributed by atoms with Gasteiger partial charge in [0.2, 0.25) is 0 Å². The monoisotopic (exact) mass is 210 g/mol. The van der Waals surface area contributed by atoms with Gasteiger partial charge in [-0.05, 0) is 18.8 Å². The molecule has 0 spiro atoms. The van der Waals surface area contributed by atoms with Gasteiger partial charge >= 0.3 is 0 Å². The lowest BCUT2D eigenvalue weighted by molar-refractivity contribution is -0.133. The van der Waals surface area contributed by atoms with E-state index >= 15 is 0 Å². The Morgan fingerprint density at radius 2 is 2.33 bits per heavy atom. The smallest absolute Gasteiger partial charge is 0.136 e. The Morgan fingerprint density at radius 1 is 1.60 bits per heavy atom. The van der Waals surface area contributed by atoms with Gasteiger partial charge in [0.15, 0.2) is 0 Å². The summed E-state index contributed by atoms with van der Waals surface area (Å²) >= 11 is 0. The van der Waals surface area contributed by atoms with Gasteiger partial charge in [-0.15, -0.1) is 0 Å². The summed E-state index contributed by atoms with van der Waals surface area (Å²) in [6, 6.07) is 0. The van der Waals surface area contributed by atoms with Gasteiger partial charge < -0.3 is 10.2 Å². The number of hydrogen-bond donors (Lipinski definition) is 2. The zero-order valence-electron chi connectivity index (χ0n) is 8.97. The van der Waals surface area contributed by atoms with Crippen LogP contribution in [0.4, 0.5) is 0 Å². The minimum Gasteiger partial charge on any atom is -0.392 e. The number of carbonyl (C=O) groups excluding carboxylic acids is 1. The maximum Gasteiger partial charge on any atom is 0.136 e. The molecule has 0 heterocycles. The van der Waals surface area contributed by atoms with Crippen LogP contribution in [0.25, 0.3) is 0 Å². The van der Waals surface area contributed by atoms with Gasteiger partial charge in [0.05, 0.1) is 12.2 Å². The van der Waals surface area contributed by atoms with Crippen molar-refractivity contribution < 1.29 is 15.0 Å². The Bertz CT molecular complexity index is 285. The van der Waals surface area contributed by atoms with Crippen LogP contribution in [-0.2, 0) is 4.79 Å². The summed E-state index contributed by atoms with van der Waals surface area (Å²) in [5.41, 5.74) is 0. The quantitative estimate of drug-likeness (QED) is 0.680. The highest BCUT2D eigenvalue weighted by Crippen LogP contribution is 2.48. The molecule has 0 radical (unpaired) electrons. The molecule has 0 aromatic rings. The van der Waals surface area contributed by atoms with Crippen LogP contribution in [0.5, 0.6) is 0 Å². The molecule has 2 N–H and O–H groups in total. The van der Waals surface area contributed by atoms with Crippen LogP contribution in [0.1, 0.15) is 26.2 Å². The van der Waals surface area contributed by atoms with Gasteiger partial charge in [-0.3, -0.25) is 4.79 Å². The van der Waals surface area contributed by atoms with E-state index in [2.05, 4.69) is 0 Å². The number of rotatable bonds is 3. The summed E-state index contributed by atoms with van der Waals surface area (Å²) in [4.78, 5) is 11.2. The first-order chi connectivity index (χ1) is 7.13. The molecule has 0 aromatic heterocycles. The van der Waals surface area contributed by atoms with Gasteiger partial charge in [-0.25, -0.2) is 0 Å². The van der Waals surface area contributed by atoms with Crippen molar-refractivity contribution in [3.05, 3.63) is 12.2 Å². The number of carbonyl (C=O) groups is 1. The van der Waals surface area contributed by atoms with Crippen molar-refractivity contribution in [2.75, 3.05) is 0 Å². The standard InChI is InChI=1S/C12H18O3/c1-2-7(13)3-4-8-9-5-12(15)10(9)6-11(8)14/h3-4,7-11,13-14H,2,5-6H2,1H3/t7?,8?,9-,10-,11?/m0/s1.